The summed E-state index contributed by atoms with van der Waals surface area (Å²) in [5.74, 6) is 0. The third-order valence-electron chi connectivity index (χ3n) is 4.14. The van der Waals surface area contributed by atoms with Gasteiger partial charge in [0.2, 0.25) is 0 Å². The molecule has 4 nitrogen and oxygen atoms in total. The minimum absolute atomic E-state index is 0.203. The van der Waals surface area contributed by atoms with Crippen LogP contribution in [0, 0.1) is 0 Å². The fraction of sp³-hybridized carbons (Fsp3) is 0.533. The lowest BCUT2D eigenvalue weighted by Gasteiger charge is -2.31. The van der Waals surface area contributed by atoms with Crippen molar-refractivity contribution < 1.29 is 9.53 Å². The maximum absolute atomic E-state index is 12.1. The molecular weight excluding hydrogens is 240 g/mol. The van der Waals surface area contributed by atoms with E-state index in [9.17, 15) is 4.79 Å². The molecule has 0 radical (unpaired) electrons. The molecule has 4 heteroatoms. The monoisotopic (exact) mass is 260 g/mol. The summed E-state index contributed by atoms with van der Waals surface area (Å²) in [6.45, 7) is 4.66. The lowest BCUT2D eigenvalue weighted by atomic mass is 9.92. The normalized spacial score (nSPS) is 21.7. The largest absolute Gasteiger partial charge is 0.441 e. The summed E-state index contributed by atoms with van der Waals surface area (Å²) in [5, 5.41) is 3.31. The van der Waals surface area contributed by atoms with Gasteiger partial charge < -0.3 is 10.1 Å². The van der Waals surface area contributed by atoms with Gasteiger partial charge in [0.05, 0.1) is 6.54 Å². The van der Waals surface area contributed by atoms with Crippen LogP contribution < -0.4 is 10.2 Å². The van der Waals surface area contributed by atoms with E-state index in [1.165, 1.54) is 5.56 Å². The van der Waals surface area contributed by atoms with Crippen molar-refractivity contribution >= 4 is 11.8 Å². The summed E-state index contributed by atoms with van der Waals surface area (Å²) in [5.41, 5.74) is 1.96. The highest BCUT2D eigenvalue weighted by Gasteiger charge is 2.46. The molecule has 0 aromatic heterocycles. The maximum atomic E-state index is 12.1. The zero-order chi connectivity index (χ0) is 13.3. The number of carbonyl (C=O) groups excluding carboxylic acids is 1. The van der Waals surface area contributed by atoms with E-state index in [-0.39, 0.29) is 11.7 Å². The van der Waals surface area contributed by atoms with Crippen LogP contribution in [0.1, 0.15) is 25.3 Å². The Morgan fingerprint density at radius 3 is 2.58 bits per heavy atom. The fourth-order valence-corrected chi connectivity index (χ4v) is 2.88. The Bertz CT molecular complexity index is 464. The van der Waals surface area contributed by atoms with Crippen molar-refractivity contribution in [2.45, 2.75) is 31.8 Å². The highest BCUT2D eigenvalue weighted by atomic mass is 16.6. The molecule has 102 valence electrons. The number of hydrogen-bond donors (Lipinski definition) is 1. The van der Waals surface area contributed by atoms with Gasteiger partial charge in [-0.3, -0.25) is 4.90 Å². The molecule has 0 bridgehead atoms. The zero-order valence-corrected chi connectivity index (χ0v) is 11.3. The van der Waals surface area contributed by atoms with Crippen molar-refractivity contribution in [2.75, 3.05) is 24.5 Å². The van der Waals surface area contributed by atoms with Gasteiger partial charge in [-0.05, 0) is 37.2 Å². The fourth-order valence-electron chi connectivity index (χ4n) is 2.88. The average Bonchev–Trinajstić information content (AvgIpc) is 2.76. The van der Waals surface area contributed by atoms with E-state index in [1.54, 1.807) is 4.90 Å². The first-order valence-corrected chi connectivity index (χ1v) is 7.03. The maximum Gasteiger partial charge on any atom is 0.415 e. The zero-order valence-electron chi connectivity index (χ0n) is 11.3. The van der Waals surface area contributed by atoms with Crippen molar-refractivity contribution in [3.05, 3.63) is 29.8 Å². The van der Waals surface area contributed by atoms with E-state index >= 15 is 0 Å². The van der Waals surface area contributed by atoms with E-state index in [0.717, 1.165) is 38.0 Å². The van der Waals surface area contributed by atoms with E-state index in [0.29, 0.717) is 6.54 Å². The highest BCUT2D eigenvalue weighted by Crippen LogP contribution is 2.34. The first-order chi connectivity index (χ1) is 9.22. The number of aryl methyl sites for hydroxylation is 1. The Labute approximate surface area is 113 Å². The number of hydrogen-bond acceptors (Lipinski definition) is 3. The molecule has 1 aromatic rings. The number of nitrogens with zero attached hydrogens (tertiary/aromatic N) is 1. The molecule has 1 amide bonds. The molecular formula is C15H20N2O2. The molecule has 2 fully saturated rings. The summed E-state index contributed by atoms with van der Waals surface area (Å²) in [4.78, 5) is 13.9. The first-order valence-electron chi connectivity index (χ1n) is 7.03. The summed E-state index contributed by atoms with van der Waals surface area (Å²) >= 11 is 0. The van der Waals surface area contributed by atoms with Crippen LogP contribution in [-0.4, -0.2) is 31.3 Å². The number of amides is 1. The summed E-state index contributed by atoms with van der Waals surface area (Å²) in [6.07, 6.45) is 2.62. The van der Waals surface area contributed by atoms with Gasteiger partial charge >= 0.3 is 6.09 Å². The van der Waals surface area contributed by atoms with E-state index in [2.05, 4.69) is 24.4 Å². The van der Waals surface area contributed by atoms with Gasteiger partial charge in [-0.1, -0.05) is 19.1 Å². The summed E-state index contributed by atoms with van der Waals surface area (Å²) < 4.78 is 5.66. The third-order valence-corrected chi connectivity index (χ3v) is 4.14. The summed E-state index contributed by atoms with van der Waals surface area (Å²) in [6, 6.07) is 8.19. The number of benzene rings is 1. The van der Waals surface area contributed by atoms with Crippen LogP contribution in [0.2, 0.25) is 0 Å². The topological polar surface area (TPSA) is 41.6 Å². The molecule has 0 saturated carbocycles. The van der Waals surface area contributed by atoms with Gasteiger partial charge in [0.25, 0.3) is 0 Å². The van der Waals surface area contributed by atoms with Crippen molar-refractivity contribution in [2.24, 2.45) is 0 Å². The van der Waals surface area contributed by atoms with E-state index in [4.69, 9.17) is 4.74 Å². The van der Waals surface area contributed by atoms with Crippen molar-refractivity contribution in [3.63, 3.8) is 0 Å². The quantitative estimate of drug-likeness (QED) is 0.887. The van der Waals surface area contributed by atoms with Gasteiger partial charge in [-0.2, -0.15) is 0 Å². The van der Waals surface area contributed by atoms with Crippen LogP contribution >= 0.6 is 0 Å². The van der Waals surface area contributed by atoms with Crippen LogP contribution in [0.25, 0.3) is 0 Å². The standard InChI is InChI=1S/C15H20N2O2/c1-2-12-3-5-13(6-4-12)17-11-15(19-14(17)18)7-9-16-10-8-15/h3-6,16H,2,7-11H2,1H3. The Morgan fingerprint density at radius 2 is 1.95 bits per heavy atom. The lowest BCUT2D eigenvalue weighted by Crippen LogP contribution is -2.44. The molecule has 19 heavy (non-hydrogen) atoms. The van der Waals surface area contributed by atoms with Crippen LogP contribution in [-0.2, 0) is 11.2 Å². The van der Waals surface area contributed by atoms with Gasteiger partial charge in [-0.25, -0.2) is 4.79 Å². The predicted molar refractivity (Wildman–Crippen MR) is 74.5 cm³/mol. The Balaban J connectivity index is 1.79. The smallest absolute Gasteiger partial charge is 0.415 e. The predicted octanol–water partition coefficient (Wildman–Crippen LogP) is 2.33. The molecule has 2 aliphatic heterocycles. The van der Waals surface area contributed by atoms with E-state index in [1.807, 2.05) is 12.1 Å². The van der Waals surface area contributed by atoms with Gasteiger partial charge in [0, 0.05) is 18.5 Å². The molecule has 0 unspecified atom stereocenters. The molecule has 2 heterocycles. The van der Waals surface area contributed by atoms with E-state index < -0.39 is 0 Å². The van der Waals surface area contributed by atoms with Crippen LogP contribution in [0.5, 0.6) is 0 Å². The highest BCUT2D eigenvalue weighted by molar-refractivity contribution is 5.90. The van der Waals surface area contributed by atoms with Crippen molar-refractivity contribution in [1.29, 1.82) is 0 Å². The van der Waals surface area contributed by atoms with Crippen molar-refractivity contribution in [3.8, 4) is 0 Å². The van der Waals surface area contributed by atoms with Gasteiger partial charge in [0.15, 0.2) is 0 Å². The molecule has 0 aliphatic carbocycles. The number of ether oxygens (including phenoxy) is 1. The molecule has 1 N–H and O–H groups in total. The molecule has 2 aliphatic rings. The second-order valence-corrected chi connectivity index (χ2v) is 5.41. The third kappa shape index (κ3) is 2.32. The van der Waals surface area contributed by atoms with Crippen LogP contribution in [0.4, 0.5) is 10.5 Å². The molecule has 0 atom stereocenters. The Morgan fingerprint density at radius 1 is 1.26 bits per heavy atom. The molecule has 1 aromatic carbocycles. The number of carbonyl (C=O) groups is 1. The lowest BCUT2D eigenvalue weighted by molar-refractivity contribution is 0.0316. The Kier molecular flexibility index (Phi) is 3.19. The first kappa shape index (κ1) is 12.5. The number of nitrogens with one attached hydrogen (secondary N) is 1. The summed E-state index contributed by atoms with van der Waals surface area (Å²) in [7, 11) is 0. The average molecular weight is 260 g/mol. The second-order valence-electron chi connectivity index (χ2n) is 5.41. The minimum atomic E-state index is -0.272. The van der Waals surface area contributed by atoms with Crippen molar-refractivity contribution in [1.82, 2.24) is 5.32 Å². The molecule has 3 rings (SSSR count). The minimum Gasteiger partial charge on any atom is -0.441 e. The Hall–Kier alpha value is -1.55. The molecule has 1 spiro atoms. The molecule has 2 saturated heterocycles. The second kappa shape index (κ2) is 4.85. The number of anilines is 1. The van der Waals surface area contributed by atoms with Crippen LogP contribution in [0.3, 0.4) is 0 Å². The number of rotatable bonds is 2. The SMILES string of the molecule is CCc1ccc(N2CC3(CCNCC3)OC2=O)cc1. The van der Waals surface area contributed by atoms with Crippen LogP contribution in [0.15, 0.2) is 24.3 Å². The number of piperidine rings is 1. The van der Waals surface area contributed by atoms with Gasteiger partial charge in [-0.15, -0.1) is 0 Å². The van der Waals surface area contributed by atoms with Gasteiger partial charge in [0.1, 0.15) is 5.60 Å².